The summed E-state index contributed by atoms with van der Waals surface area (Å²) in [6.45, 7) is 3.92. The molecular weight excluding hydrogens is 395 g/mol. The van der Waals surface area contributed by atoms with Gasteiger partial charge in [-0.2, -0.15) is 0 Å². The smallest absolute Gasteiger partial charge is 0.157 e. The number of ether oxygens (including phenoxy) is 1. The summed E-state index contributed by atoms with van der Waals surface area (Å²) in [4.78, 5) is 11.1. The molecule has 0 aliphatic heterocycles. The summed E-state index contributed by atoms with van der Waals surface area (Å²) in [7, 11) is -3.04. The molecule has 0 amide bonds. The Morgan fingerprint density at radius 3 is 2.27 bits per heavy atom. The first kappa shape index (κ1) is 20.7. The molecule has 0 unspecified atom stereocenters. The number of hydrogen-bond acceptors (Lipinski definition) is 4. The van der Waals surface area contributed by atoms with Crippen LogP contribution >= 0.6 is 23.2 Å². The molecule has 0 saturated heterocycles. The molecule has 0 bridgehead atoms. The van der Waals surface area contributed by atoms with Crippen molar-refractivity contribution in [2.24, 2.45) is 0 Å². The Labute approximate surface area is 164 Å². The zero-order valence-corrected chi connectivity index (χ0v) is 17.1. The van der Waals surface area contributed by atoms with E-state index in [4.69, 9.17) is 27.9 Å². The molecular formula is C19H20Cl2O4S. The van der Waals surface area contributed by atoms with Crippen LogP contribution in [0, 0.1) is 13.8 Å². The largest absolute Gasteiger partial charge is 0.490 e. The minimum Gasteiger partial charge on any atom is -0.490 e. The summed E-state index contributed by atoms with van der Waals surface area (Å²) in [6, 6.07) is 7.20. The van der Waals surface area contributed by atoms with E-state index in [1.165, 1.54) is 6.26 Å². The maximum atomic E-state index is 11.2. The van der Waals surface area contributed by atoms with Crippen LogP contribution in [0.1, 0.15) is 27.9 Å². The third kappa shape index (κ3) is 4.78. The molecule has 0 aromatic heterocycles. The predicted molar refractivity (Wildman–Crippen MR) is 107 cm³/mol. The number of aldehydes is 1. The van der Waals surface area contributed by atoms with Crippen molar-refractivity contribution in [3.05, 3.63) is 51.0 Å². The van der Waals surface area contributed by atoms with Gasteiger partial charge in [0.15, 0.2) is 5.75 Å². The quantitative estimate of drug-likeness (QED) is 0.477. The lowest BCUT2D eigenvalue weighted by atomic mass is 9.94. The Hall–Kier alpha value is -1.56. The zero-order valence-electron chi connectivity index (χ0n) is 14.8. The van der Waals surface area contributed by atoms with Crippen molar-refractivity contribution >= 4 is 39.3 Å². The van der Waals surface area contributed by atoms with E-state index in [-0.39, 0.29) is 12.4 Å². The second kappa shape index (κ2) is 8.42. The first-order valence-electron chi connectivity index (χ1n) is 8.00. The molecule has 2 rings (SSSR count). The van der Waals surface area contributed by atoms with Gasteiger partial charge in [0.25, 0.3) is 0 Å². The second-order valence-electron chi connectivity index (χ2n) is 6.16. The molecule has 0 aliphatic rings. The highest BCUT2D eigenvalue weighted by atomic mass is 35.5. The van der Waals surface area contributed by atoms with Gasteiger partial charge in [-0.15, -0.1) is 0 Å². The Kier molecular flexibility index (Phi) is 6.72. The van der Waals surface area contributed by atoms with E-state index in [9.17, 15) is 13.2 Å². The van der Waals surface area contributed by atoms with Crippen molar-refractivity contribution in [2.75, 3.05) is 18.6 Å². The van der Waals surface area contributed by atoms with E-state index in [0.717, 1.165) is 28.5 Å². The van der Waals surface area contributed by atoms with Crippen molar-refractivity contribution in [1.29, 1.82) is 0 Å². The van der Waals surface area contributed by atoms with E-state index >= 15 is 0 Å². The second-order valence-corrected chi connectivity index (χ2v) is 9.17. The summed E-state index contributed by atoms with van der Waals surface area (Å²) < 4.78 is 28.1. The Balaban J connectivity index is 2.38. The number of carbonyl (C=O) groups is 1. The molecule has 0 heterocycles. The maximum Gasteiger partial charge on any atom is 0.157 e. The van der Waals surface area contributed by atoms with E-state index in [2.05, 4.69) is 0 Å². The summed E-state index contributed by atoms with van der Waals surface area (Å²) in [6.07, 6.45) is 2.33. The first-order chi connectivity index (χ1) is 12.2. The van der Waals surface area contributed by atoms with Gasteiger partial charge >= 0.3 is 0 Å². The predicted octanol–water partition coefficient (Wildman–Crippen LogP) is 4.90. The summed E-state index contributed by atoms with van der Waals surface area (Å²) >= 11 is 12.9. The maximum absolute atomic E-state index is 11.2. The van der Waals surface area contributed by atoms with Crippen LogP contribution in [-0.4, -0.2) is 33.3 Å². The van der Waals surface area contributed by atoms with Gasteiger partial charge in [-0.3, -0.25) is 4.79 Å². The third-order valence-electron chi connectivity index (χ3n) is 4.02. The van der Waals surface area contributed by atoms with Gasteiger partial charge in [-0.1, -0.05) is 41.4 Å². The van der Waals surface area contributed by atoms with Crippen LogP contribution in [0.15, 0.2) is 24.3 Å². The number of hydrogen-bond donors (Lipinski definition) is 0. The van der Waals surface area contributed by atoms with Crippen LogP contribution in [0.5, 0.6) is 5.75 Å². The van der Waals surface area contributed by atoms with Gasteiger partial charge in [0.2, 0.25) is 0 Å². The van der Waals surface area contributed by atoms with Gasteiger partial charge in [0.05, 0.1) is 22.4 Å². The molecule has 26 heavy (non-hydrogen) atoms. The van der Waals surface area contributed by atoms with Gasteiger partial charge in [-0.05, 0) is 48.6 Å². The number of sulfone groups is 1. The first-order valence-corrected chi connectivity index (χ1v) is 10.8. The minimum absolute atomic E-state index is 0.0385. The van der Waals surface area contributed by atoms with E-state index in [0.29, 0.717) is 27.8 Å². The van der Waals surface area contributed by atoms with E-state index in [1.807, 2.05) is 19.9 Å². The molecule has 0 spiro atoms. The Morgan fingerprint density at radius 1 is 1.12 bits per heavy atom. The van der Waals surface area contributed by atoms with Crippen LogP contribution in [0.25, 0.3) is 11.1 Å². The molecule has 0 N–H and O–H groups in total. The van der Waals surface area contributed by atoms with Crippen molar-refractivity contribution in [3.63, 3.8) is 0 Å². The van der Waals surface area contributed by atoms with Gasteiger partial charge < -0.3 is 4.74 Å². The van der Waals surface area contributed by atoms with Gasteiger partial charge in [0, 0.05) is 11.8 Å². The molecule has 4 nitrogen and oxygen atoms in total. The molecule has 7 heteroatoms. The van der Waals surface area contributed by atoms with Crippen LogP contribution in [0.4, 0.5) is 0 Å². The van der Waals surface area contributed by atoms with Crippen molar-refractivity contribution in [2.45, 2.75) is 20.3 Å². The van der Waals surface area contributed by atoms with Crippen molar-refractivity contribution in [3.8, 4) is 16.9 Å². The highest BCUT2D eigenvalue weighted by Gasteiger charge is 2.20. The minimum atomic E-state index is -3.04. The SMILES string of the molecule is Cc1c(Cl)c(OCCCS(C)(=O)=O)c(Cl)c(C)c1-c1cccc(C=O)c1. The van der Waals surface area contributed by atoms with Crippen LogP contribution in [0.2, 0.25) is 10.0 Å². The van der Waals surface area contributed by atoms with Crippen LogP contribution in [0.3, 0.4) is 0 Å². The van der Waals surface area contributed by atoms with Crippen molar-refractivity contribution in [1.82, 2.24) is 0 Å². The molecule has 140 valence electrons. The molecule has 0 atom stereocenters. The molecule has 0 radical (unpaired) electrons. The highest BCUT2D eigenvalue weighted by molar-refractivity contribution is 7.90. The normalized spacial score (nSPS) is 11.4. The van der Waals surface area contributed by atoms with E-state index in [1.54, 1.807) is 18.2 Å². The fraction of sp³-hybridized carbons (Fsp3) is 0.316. The highest BCUT2D eigenvalue weighted by Crippen LogP contribution is 2.44. The summed E-state index contributed by atoms with van der Waals surface area (Å²) in [5, 5.41) is 0.762. The molecule has 0 aliphatic carbocycles. The lowest BCUT2D eigenvalue weighted by molar-refractivity contribution is 0.112. The lowest BCUT2D eigenvalue weighted by Gasteiger charge is -2.19. The molecule has 2 aromatic rings. The van der Waals surface area contributed by atoms with Crippen LogP contribution < -0.4 is 4.74 Å². The standard InChI is InChI=1S/C19H20Cl2O4S/c1-12-16(15-7-4-6-14(10-15)11-22)13(2)18(21)19(17(12)20)25-8-5-9-26(3,23)24/h4,6-7,10-11H,5,8-9H2,1-3H3. The average molecular weight is 415 g/mol. The number of carbonyl (C=O) groups excluding carboxylic acids is 1. The number of rotatable bonds is 7. The fourth-order valence-corrected chi connectivity index (χ4v) is 3.94. The van der Waals surface area contributed by atoms with Gasteiger partial charge in [0.1, 0.15) is 16.1 Å². The topological polar surface area (TPSA) is 60.4 Å². The lowest BCUT2D eigenvalue weighted by Crippen LogP contribution is -2.09. The summed E-state index contributed by atoms with van der Waals surface area (Å²) in [5.74, 6) is 0.392. The zero-order chi connectivity index (χ0) is 19.5. The Morgan fingerprint density at radius 2 is 1.73 bits per heavy atom. The Bertz CT molecular complexity index is 908. The number of benzene rings is 2. The molecule has 2 aromatic carbocycles. The average Bonchev–Trinajstić information content (AvgIpc) is 2.59. The fourth-order valence-electron chi connectivity index (χ4n) is 2.76. The monoisotopic (exact) mass is 414 g/mol. The van der Waals surface area contributed by atoms with Gasteiger partial charge in [-0.25, -0.2) is 8.42 Å². The third-order valence-corrected chi connectivity index (χ3v) is 5.96. The van der Waals surface area contributed by atoms with E-state index < -0.39 is 9.84 Å². The summed E-state index contributed by atoms with van der Waals surface area (Å²) in [5.41, 5.74) is 3.84. The number of halogens is 2. The van der Waals surface area contributed by atoms with Crippen LogP contribution in [-0.2, 0) is 9.84 Å². The molecule has 0 fully saturated rings. The molecule has 0 saturated carbocycles. The van der Waals surface area contributed by atoms with Crippen molar-refractivity contribution < 1.29 is 17.9 Å².